The highest BCUT2D eigenvalue weighted by atomic mass is 28.4. The molecule has 0 saturated heterocycles. The van der Waals surface area contributed by atoms with E-state index >= 15 is 0 Å². The summed E-state index contributed by atoms with van der Waals surface area (Å²) in [5, 5.41) is 5.91. The highest BCUT2D eigenvalue weighted by molar-refractivity contribution is 6.74. The third-order valence-electron chi connectivity index (χ3n) is 8.00. The van der Waals surface area contributed by atoms with Crippen molar-refractivity contribution in [3.8, 4) is 5.75 Å². The lowest BCUT2D eigenvalue weighted by Gasteiger charge is -2.35. The topological polar surface area (TPSA) is 89.5 Å². The molecule has 0 spiro atoms. The number of ether oxygens (including phenoxy) is 1. The normalized spacial score (nSPS) is 12.2. The lowest BCUT2D eigenvalue weighted by atomic mass is 10.1. The van der Waals surface area contributed by atoms with Gasteiger partial charge in [0.15, 0.2) is 0 Å². The average Bonchev–Trinajstić information content (AvgIpc) is 3.01. The fourth-order valence-corrected chi connectivity index (χ4v) is 4.99. The van der Waals surface area contributed by atoms with Crippen LogP contribution in [0, 0.1) is 0 Å². The van der Waals surface area contributed by atoms with Crippen molar-refractivity contribution in [3.63, 3.8) is 0 Å². The Morgan fingerprint density at radius 2 is 1.59 bits per heavy atom. The first-order chi connectivity index (χ1) is 21.0. The Balaban J connectivity index is 1.37. The molecule has 0 aliphatic rings. The number of hydrogen-bond acceptors (Lipinski definition) is 5. The molecule has 1 heterocycles. The Morgan fingerprint density at radius 3 is 2.36 bits per heavy atom. The number of hydrogen-bond donors (Lipinski definition) is 2. The number of benzene rings is 4. The number of amides is 2. The van der Waals surface area contributed by atoms with E-state index in [1.165, 1.54) is 0 Å². The molecule has 8 heteroatoms. The third kappa shape index (κ3) is 7.22. The van der Waals surface area contributed by atoms with E-state index in [2.05, 4.69) is 49.6 Å². The van der Waals surface area contributed by atoms with Crippen LogP contribution in [0.1, 0.15) is 36.7 Å². The molecule has 0 radical (unpaired) electrons. The fraction of sp³-hybridized carbons (Fsp3) is 0.194. The van der Waals surface area contributed by atoms with Crippen molar-refractivity contribution < 1.29 is 18.9 Å². The SMILES string of the molecule is CC(C)(C)[Si](C)(C)ONC(=O)c1ccc(C=C(COc2cccc3ccccc23)C(=O)Nc2ccc3ncccc3c2)cc1. The highest BCUT2D eigenvalue weighted by Gasteiger charge is 2.38. The molecule has 0 aliphatic carbocycles. The maximum Gasteiger partial charge on any atom is 0.273 e. The van der Waals surface area contributed by atoms with Crippen LogP contribution in [0.3, 0.4) is 0 Å². The van der Waals surface area contributed by atoms with E-state index in [0.717, 1.165) is 27.2 Å². The third-order valence-corrected chi connectivity index (χ3v) is 12.2. The summed E-state index contributed by atoms with van der Waals surface area (Å²) in [6.45, 7) is 10.5. The van der Waals surface area contributed by atoms with Gasteiger partial charge in [0.25, 0.3) is 11.8 Å². The molecule has 0 unspecified atom stereocenters. The van der Waals surface area contributed by atoms with Gasteiger partial charge in [-0.15, -0.1) is 0 Å². The van der Waals surface area contributed by atoms with E-state index in [1.807, 2.05) is 72.8 Å². The first-order valence-electron chi connectivity index (χ1n) is 14.6. The fourth-order valence-electron chi connectivity index (χ4n) is 4.33. The van der Waals surface area contributed by atoms with E-state index < -0.39 is 8.32 Å². The van der Waals surface area contributed by atoms with Crippen LogP contribution in [-0.2, 0) is 9.32 Å². The molecule has 0 saturated carbocycles. The van der Waals surface area contributed by atoms with Crippen LogP contribution in [0.4, 0.5) is 5.69 Å². The van der Waals surface area contributed by atoms with Gasteiger partial charge in [-0.1, -0.05) is 75.4 Å². The maximum absolute atomic E-state index is 13.6. The lowest BCUT2D eigenvalue weighted by molar-refractivity contribution is -0.113. The number of nitrogens with zero attached hydrogens (tertiary/aromatic N) is 1. The Morgan fingerprint density at radius 1 is 0.864 bits per heavy atom. The second-order valence-electron chi connectivity index (χ2n) is 12.2. The van der Waals surface area contributed by atoms with Crippen LogP contribution in [0.15, 0.2) is 109 Å². The minimum atomic E-state index is -2.15. The Hall–Kier alpha value is -4.79. The Bertz CT molecular complexity index is 1840. The number of anilines is 1. The summed E-state index contributed by atoms with van der Waals surface area (Å²) in [6.07, 6.45) is 3.51. The molecule has 2 N–H and O–H groups in total. The Kier molecular flexibility index (Phi) is 8.94. The largest absolute Gasteiger partial charge is 0.488 e. The molecular weight excluding hydrogens is 566 g/mol. The van der Waals surface area contributed by atoms with Gasteiger partial charge in [-0.05, 0) is 77.6 Å². The molecule has 1 aromatic heterocycles. The highest BCUT2D eigenvalue weighted by Crippen LogP contribution is 2.36. The predicted molar refractivity (Wildman–Crippen MR) is 180 cm³/mol. The van der Waals surface area contributed by atoms with Crippen molar-refractivity contribution >= 4 is 53.6 Å². The van der Waals surface area contributed by atoms with Gasteiger partial charge in [0, 0.05) is 28.2 Å². The lowest BCUT2D eigenvalue weighted by Crippen LogP contribution is -2.46. The van der Waals surface area contributed by atoms with Gasteiger partial charge < -0.3 is 14.6 Å². The van der Waals surface area contributed by atoms with Crippen LogP contribution in [-0.4, -0.2) is 31.7 Å². The minimum absolute atomic E-state index is 0.0379. The summed E-state index contributed by atoms with van der Waals surface area (Å²) in [5.74, 6) is 0.0822. The average molecular weight is 604 g/mol. The molecule has 5 aromatic rings. The van der Waals surface area contributed by atoms with E-state index in [-0.39, 0.29) is 23.5 Å². The van der Waals surface area contributed by atoms with Crippen molar-refractivity contribution in [1.82, 2.24) is 10.5 Å². The maximum atomic E-state index is 13.6. The van der Waals surface area contributed by atoms with Crippen molar-refractivity contribution in [2.45, 2.75) is 38.9 Å². The molecule has 224 valence electrons. The van der Waals surface area contributed by atoms with Crippen LogP contribution in [0.2, 0.25) is 18.1 Å². The van der Waals surface area contributed by atoms with E-state index in [9.17, 15) is 9.59 Å². The van der Waals surface area contributed by atoms with Gasteiger partial charge in [0.2, 0.25) is 8.32 Å². The Labute approximate surface area is 259 Å². The molecule has 7 nitrogen and oxygen atoms in total. The molecule has 0 bridgehead atoms. The van der Waals surface area contributed by atoms with Gasteiger partial charge in [-0.3, -0.25) is 14.6 Å². The minimum Gasteiger partial charge on any atom is -0.488 e. The number of nitrogens with one attached hydrogen (secondary N) is 2. The zero-order chi connectivity index (χ0) is 31.3. The number of carbonyl (C=O) groups excluding carboxylic acids is 2. The molecule has 0 fully saturated rings. The molecule has 4 aromatic carbocycles. The van der Waals surface area contributed by atoms with Gasteiger partial charge in [-0.2, -0.15) is 0 Å². The van der Waals surface area contributed by atoms with E-state index in [4.69, 9.17) is 9.26 Å². The summed E-state index contributed by atoms with van der Waals surface area (Å²) in [5.41, 5.74) is 5.77. The van der Waals surface area contributed by atoms with E-state index in [0.29, 0.717) is 22.6 Å². The molecule has 44 heavy (non-hydrogen) atoms. The quantitative estimate of drug-likeness (QED) is 0.101. The summed E-state index contributed by atoms with van der Waals surface area (Å²) in [7, 11) is -2.15. The van der Waals surface area contributed by atoms with Crippen molar-refractivity contribution in [2.24, 2.45) is 0 Å². The second-order valence-corrected chi connectivity index (χ2v) is 16.9. The predicted octanol–water partition coefficient (Wildman–Crippen LogP) is 8.16. The van der Waals surface area contributed by atoms with Crippen molar-refractivity contribution in [3.05, 3.63) is 120 Å². The second kappa shape index (κ2) is 12.8. The molecule has 2 amide bonds. The molecular formula is C36H37N3O4Si. The van der Waals surface area contributed by atoms with Crippen LogP contribution in [0.25, 0.3) is 27.8 Å². The zero-order valence-corrected chi connectivity index (χ0v) is 26.7. The zero-order valence-electron chi connectivity index (χ0n) is 25.7. The van der Waals surface area contributed by atoms with Gasteiger partial charge in [-0.25, -0.2) is 5.48 Å². The van der Waals surface area contributed by atoms with E-state index in [1.54, 1.807) is 36.5 Å². The molecule has 5 rings (SSSR count). The number of fused-ring (bicyclic) bond motifs is 2. The van der Waals surface area contributed by atoms with Crippen LogP contribution < -0.4 is 15.5 Å². The van der Waals surface area contributed by atoms with Gasteiger partial charge >= 0.3 is 0 Å². The van der Waals surface area contributed by atoms with Gasteiger partial charge in [0.05, 0.1) is 11.1 Å². The van der Waals surface area contributed by atoms with Crippen molar-refractivity contribution in [1.29, 1.82) is 0 Å². The first kappa shape index (κ1) is 30.7. The first-order valence-corrected chi connectivity index (χ1v) is 17.5. The smallest absolute Gasteiger partial charge is 0.273 e. The number of carbonyl (C=O) groups is 2. The molecule has 0 aliphatic heterocycles. The summed E-state index contributed by atoms with van der Waals surface area (Å²) in [4.78, 5) is 30.8. The van der Waals surface area contributed by atoms with Crippen LogP contribution >= 0.6 is 0 Å². The van der Waals surface area contributed by atoms with Crippen LogP contribution in [0.5, 0.6) is 5.75 Å². The number of aromatic nitrogens is 1. The number of pyridine rings is 1. The summed E-state index contributed by atoms with van der Waals surface area (Å²) >= 11 is 0. The number of rotatable bonds is 9. The standard InChI is InChI=1S/C36H37N3O4Si/c1-36(2,3)44(4,5)43-39-35(41)27-17-15-25(16-18-27)22-29(24-42-33-14-8-11-26-10-6-7-13-31(26)33)34(40)38-30-19-20-32-28(23-30)12-9-21-37-32/h6-23H,24H2,1-5H3,(H,38,40)(H,39,41). The molecule has 0 atom stereocenters. The monoisotopic (exact) mass is 603 g/mol. The summed E-state index contributed by atoms with van der Waals surface area (Å²) in [6, 6.07) is 30.3. The van der Waals surface area contributed by atoms with Gasteiger partial charge in [0.1, 0.15) is 12.4 Å². The summed E-state index contributed by atoms with van der Waals surface area (Å²) < 4.78 is 12.1. The van der Waals surface area contributed by atoms with Crippen molar-refractivity contribution in [2.75, 3.05) is 11.9 Å². The number of hydroxylamine groups is 1.